The number of aliphatic carboxylic acids is 1. The van der Waals surface area contributed by atoms with Crippen LogP contribution in [0.4, 0.5) is 0 Å². The van der Waals surface area contributed by atoms with Gasteiger partial charge in [-0.15, -0.1) is 11.3 Å². The third-order valence-electron chi connectivity index (χ3n) is 3.97. The Morgan fingerprint density at radius 2 is 1.92 bits per heavy atom. The number of hydrogen-bond donors (Lipinski definition) is 2. The van der Waals surface area contributed by atoms with Gasteiger partial charge >= 0.3 is 5.97 Å². The van der Waals surface area contributed by atoms with Crippen molar-refractivity contribution < 1.29 is 23.1 Å². The van der Waals surface area contributed by atoms with Gasteiger partial charge < -0.3 is 10.4 Å². The van der Waals surface area contributed by atoms with Gasteiger partial charge in [0.1, 0.15) is 10.3 Å². The summed E-state index contributed by atoms with van der Waals surface area (Å²) in [6.45, 7) is 4.84. The van der Waals surface area contributed by atoms with Gasteiger partial charge in [0.2, 0.25) is 5.91 Å². The highest BCUT2D eigenvalue weighted by Gasteiger charge is 2.29. The summed E-state index contributed by atoms with van der Waals surface area (Å²) in [6, 6.07) is 2.20. The lowest BCUT2D eigenvalue weighted by Gasteiger charge is -2.16. The van der Waals surface area contributed by atoms with Crippen LogP contribution in [-0.2, 0) is 26.0 Å². The minimum Gasteiger partial charge on any atom is -0.480 e. The number of nitrogens with one attached hydrogen (secondary N) is 1. The van der Waals surface area contributed by atoms with Crippen LogP contribution in [0.15, 0.2) is 16.3 Å². The van der Waals surface area contributed by atoms with Gasteiger partial charge in [-0.05, 0) is 37.3 Å². The summed E-state index contributed by atoms with van der Waals surface area (Å²) in [7, 11) is -3.48. The van der Waals surface area contributed by atoms with Crippen LogP contribution in [-0.4, -0.2) is 48.8 Å². The molecule has 0 saturated carbocycles. The summed E-state index contributed by atoms with van der Waals surface area (Å²) in [6.07, 6.45) is 2.06. The highest BCUT2D eigenvalue weighted by molar-refractivity contribution is 7.91. The normalized spacial score (nSPS) is 16.9. The lowest BCUT2D eigenvalue weighted by atomic mass is 10.0. The van der Waals surface area contributed by atoms with Crippen LogP contribution in [0.1, 0.15) is 38.0 Å². The van der Waals surface area contributed by atoms with E-state index in [1.165, 1.54) is 10.4 Å². The molecule has 1 atom stereocenters. The molecule has 1 saturated heterocycles. The highest BCUT2D eigenvalue weighted by atomic mass is 32.2. The molecule has 2 heterocycles. The fourth-order valence-corrected chi connectivity index (χ4v) is 5.77. The maximum Gasteiger partial charge on any atom is 0.326 e. The number of rotatable bonds is 8. The minimum atomic E-state index is -3.48. The first kappa shape index (κ1) is 19.9. The second-order valence-corrected chi connectivity index (χ2v) is 9.93. The van der Waals surface area contributed by atoms with E-state index in [9.17, 15) is 23.1 Å². The van der Waals surface area contributed by atoms with E-state index in [-0.39, 0.29) is 16.5 Å². The van der Waals surface area contributed by atoms with Gasteiger partial charge in [0.25, 0.3) is 10.0 Å². The molecule has 0 bridgehead atoms. The first-order valence-corrected chi connectivity index (χ1v) is 10.6. The Bertz CT molecular complexity index is 721. The van der Waals surface area contributed by atoms with E-state index in [0.29, 0.717) is 24.4 Å². The van der Waals surface area contributed by atoms with Crippen LogP contribution < -0.4 is 5.32 Å². The number of nitrogens with zero attached hydrogens (tertiary/aromatic N) is 1. The predicted octanol–water partition coefficient (Wildman–Crippen LogP) is 1.69. The van der Waals surface area contributed by atoms with Gasteiger partial charge in [-0.2, -0.15) is 4.31 Å². The quantitative estimate of drug-likeness (QED) is 0.705. The van der Waals surface area contributed by atoms with E-state index in [1.807, 2.05) is 13.8 Å². The van der Waals surface area contributed by atoms with Gasteiger partial charge in [-0.1, -0.05) is 13.8 Å². The van der Waals surface area contributed by atoms with Crippen LogP contribution in [0, 0.1) is 5.92 Å². The monoisotopic (exact) mass is 388 g/mol. The average Bonchev–Trinajstić information content (AvgIpc) is 3.17. The van der Waals surface area contributed by atoms with Crippen LogP contribution in [0.2, 0.25) is 0 Å². The molecule has 0 radical (unpaired) electrons. The molecular formula is C16H24N2O5S2. The Morgan fingerprint density at radius 1 is 1.28 bits per heavy atom. The summed E-state index contributed by atoms with van der Waals surface area (Å²) in [4.78, 5) is 23.9. The van der Waals surface area contributed by atoms with E-state index in [1.54, 1.807) is 6.07 Å². The average molecular weight is 389 g/mol. The first-order valence-electron chi connectivity index (χ1n) is 8.31. The van der Waals surface area contributed by atoms with Gasteiger partial charge in [0.15, 0.2) is 0 Å². The molecule has 1 fully saturated rings. The molecule has 1 aromatic rings. The SMILES string of the molecule is CC(C)C[C@H](NC(=O)Cc1ccc(S(=O)(=O)N2CCCC2)s1)C(=O)O. The summed E-state index contributed by atoms with van der Waals surface area (Å²) >= 11 is 1.07. The topological polar surface area (TPSA) is 104 Å². The van der Waals surface area contributed by atoms with E-state index in [4.69, 9.17) is 0 Å². The first-order chi connectivity index (χ1) is 11.7. The lowest BCUT2D eigenvalue weighted by molar-refractivity contribution is -0.142. The molecule has 140 valence electrons. The molecule has 1 amide bonds. The maximum absolute atomic E-state index is 12.5. The molecule has 0 spiro atoms. The molecule has 0 aliphatic carbocycles. The van der Waals surface area contributed by atoms with Crippen LogP contribution in [0.3, 0.4) is 0 Å². The lowest BCUT2D eigenvalue weighted by Crippen LogP contribution is -2.42. The van der Waals surface area contributed by atoms with Gasteiger partial charge in [-0.3, -0.25) is 4.79 Å². The standard InChI is InChI=1S/C16H24N2O5S2/c1-11(2)9-13(16(20)21)17-14(19)10-12-5-6-15(24-12)25(22,23)18-7-3-4-8-18/h5-6,11,13H,3-4,7-10H2,1-2H3,(H,17,19)(H,20,21)/t13-/m0/s1. The van der Waals surface area contributed by atoms with Crippen LogP contribution in [0.25, 0.3) is 0 Å². The van der Waals surface area contributed by atoms with Crippen molar-refractivity contribution in [3.63, 3.8) is 0 Å². The van der Waals surface area contributed by atoms with E-state index >= 15 is 0 Å². The molecule has 1 aliphatic heterocycles. The van der Waals surface area contributed by atoms with Crippen molar-refractivity contribution in [2.75, 3.05) is 13.1 Å². The van der Waals surface area contributed by atoms with E-state index in [2.05, 4.69) is 5.32 Å². The van der Waals surface area contributed by atoms with Gasteiger partial charge in [0, 0.05) is 18.0 Å². The fourth-order valence-electron chi connectivity index (χ4n) is 2.74. The largest absolute Gasteiger partial charge is 0.480 e. The smallest absolute Gasteiger partial charge is 0.326 e. The molecule has 9 heteroatoms. The fraction of sp³-hybridized carbons (Fsp3) is 0.625. The zero-order valence-corrected chi connectivity index (χ0v) is 16.0. The van der Waals surface area contributed by atoms with Crippen molar-refractivity contribution in [1.82, 2.24) is 9.62 Å². The minimum absolute atomic E-state index is 0.0257. The molecule has 0 unspecified atom stereocenters. The Kier molecular flexibility index (Phi) is 6.59. The molecule has 0 aromatic carbocycles. The predicted molar refractivity (Wildman–Crippen MR) is 95.0 cm³/mol. The molecule has 1 aromatic heterocycles. The summed E-state index contributed by atoms with van der Waals surface area (Å²) in [5.74, 6) is -1.34. The third kappa shape index (κ3) is 5.26. The molecule has 2 N–H and O–H groups in total. The molecule has 1 aliphatic rings. The molecule has 7 nitrogen and oxygen atoms in total. The number of hydrogen-bond acceptors (Lipinski definition) is 5. The van der Waals surface area contributed by atoms with Crippen molar-refractivity contribution >= 4 is 33.2 Å². The Labute approximate surface area is 152 Å². The van der Waals surface area contributed by atoms with Gasteiger partial charge in [0.05, 0.1) is 6.42 Å². The number of amides is 1. The van der Waals surface area contributed by atoms with Crippen molar-refractivity contribution in [3.8, 4) is 0 Å². The summed E-state index contributed by atoms with van der Waals surface area (Å²) in [5.41, 5.74) is 0. The Hall–Kier alpha value is -1.45. The summed E-state index contributed by atoms with van der Waals surface area (Å²) in [5, 5.41) is 11.7. The highest BCUT2D eigenvalue weighted by Crippen LogP contribution is 2.27. The Balaban J connectivity index is 2.00. The number of sulfonamides is 1. The number of thiophene rings is 1. The van der Waals surface area contributed by atoms with Gasteiger partial charge in [-0.25, -0.2) is 13.2 Å². The van der Waals surface area contributed by atoms with E-state index in [0.717, 1.165) is 24.2 Å². The van der Waals surface area contributed by atoms with Crippen LogP contribution >= 0.6 is 11.3 Å². The second kappa shape index (κ2) is 8.29. The number of carboxylic acids is 1. The van der Waals surface area contributed by atoms with Crippen LogP contribution in [0.5, 0.6) is 0 Å². The van der Waals surface area contributed by atoms with Crippen molar-refractivity contribution in [2.24, 2.45) is 5.92 Å². The molecule has 2 rings (SSSR count). The number of carbonyl (C=O) groups is 2. The zero-order valence-electron chi connectivity index (χ0n) is 14.4. The van der Waals surface area contributed by atoms with Crippen molar-refractivity contribution in [3.05, 3.63) is 17.0 Å². The Morgan fingerprint density at radius 3 is 2.48 bits per heavy atom. The maximum atomic E-state index is 12.5. The molecular weight excluding hydrogens is 364 g/mol. The number of carbonyl (C=O) groups excluding carboxylic acids is 1. The molecule has 25 heavy (non-hydrogen) atoms. The second-order valence-electron chi connectivity index (χ2n) is 6.60. The van der Waals surface area contributed by atoms with Crippen molar-refractivity contribution in [1.29, 1.82) is 0 Å². The summed E-state index contributed by atoms with van der Waals surface area (Å²) < 4.78 is 26.7. The zero-order chi connectivity index (χ0) is 18.6. The van der Waals surface area contributed by atoms with E-state index < -0.39 is 27.9 Å². The van der Waals surface area contributed by atoms with Crippen molar-refractivity contribution in [2.45, 2.75) is 49.8 Å². The third-order valence-corrected chi connectivity index (χ3v) is 7.42. The number of carboxylic acid groups (broad SMARTS) is 1.